The van der Waals surface area contributed by atoms with Crippen LogP contribution in [0.4, 0.5) is 0 Å². The number of hydrogen-bond donors (Lipinski definition) is 1. The lowest BCUT2D eigenvalue weighted by molar-refractivity contribution is 0.0725. The molecule has 1 saturated heterocycles. The molecule has 1 amide bonds. The lowest BCUT2D eigenvalue weighted by atomic mass is 10.1. The smallest absolute Gasteiger partial charge is 0.261 e. The van der Waals surface area contributed by atoms with E-state index in [0.29, 0.717) is 42.0 Å². The highest BCUT2D eigenvalue weighted by Gasteiger charge is 2.34. The summed E-state index contributed by atoms with van der Waals surface area (Å²) in [5.41, 5.74) is 1.05. The molecule has 1 aliphatic heterocycles. The SMILES string of the molecule is COCCn1c(C2CCCN2C(=O)c2cn[nH]c2)nc2ccccc2c1=O. The lowest BCUT2D eigenvalue weighted by Crippen LogP contribution is -2.36. The second-order valence-corrected chi connectivity index (χ2v) is 6.58. The van der Waals surface area contributed by atoms with Gasteiger partial charge in [-0.3, -0.25) is 19.3 Å². The molecule has 27 heavy (non-hydrogen) atoms. The van der Waals surface area contributed by atoms with Crippen molar-refractivity contribution in [1.82, 2.24) is 24.6 Å². The van der Waals surface area contributed by atoms with Crippen molar-refractivity contribution < 1.29 is 9.53 Å². The fourth-order valence-corrected chi connectivity index (χ4v) is 3.65. The molecular weight excluding hydrogens is 346 g/mol. The lowest BCUT2D eigenvalue weighted by Gasteiger charge is -2.26. The highest BCUT2D eigenvalue weighted by Crippen LogP contribution is 2.32. The minimum Gasteiger partial charge on any atom is -0.383 e. The van der Waals surface area contributed by atoms with E-state index in [9.17, 15) is 9.59 Å². The molecule has 1 unspecified atom stereocenters. The summed E-state index contributed by atoms with van der Waals surface area (Å²) in [6, 6.07) is 7.05. The van der Waals surface area contributed by atoms with E-state index >= 15 is 0 Å². The van der Waals surface area contributed by atoms with E-state index in [-0.39, 0.29) is 17.5 Å². The number of nitrogens with one attached hydrogen (secondary N) is 1. The molecule has 3 aromatic rings. The van der Waals surface area contributed by atoms with E-state index in [1.54, 1.807) is 28.8 Å². The molecule has 0 aliphatic carbocycles. The third-order valence-corrected chi connectivity index (χ3v) is 4.97. The maximum Gasteiger partial charge on any atom is 0.261 e. The summed E-state index contributed by atoms with van der Waals surface area (Å²) in [6.07, 6.45) is 4.73. The van der Waals surface area contributed by atoms with Crippen molar-refractivity contribution in [3.8, 4) is 0 Å². The molecular formula is C19H21N5O3. The Labute approximate surface area is 155 Å². The number of carbonyl (C=O) groups excluding carboxylic acids is 1. The van der Waals surface area contributed by atoms with Crippen LogP contribution in [0.5, 0.6) is 0 Å². The Morgan fingerprint density at radius 2 is 2.22 bits per heavy atom. The topological polar surface area (TPSA) is 93.1 Å². The van der Waals surface area contributed by atoms with Crippen molar-refractivity contribution in [1.29, 1.82) is 0 Å². The predicted molar refractivity (Wildman–Crippen MR) is 99.5 cm³/mol. The van der Waals surface area contributed by atoms with Gasteiger partial charge in [-0.15, -0.1) is 0 Å². The first-order valence-electron chi connectivity index (χ1n) is 8.99. The first-order chi connectivity index (χ1) is 13.2. The van der Waals surface area contributed by atoms with Crippen molar-refractivity contribution in [2.75, 3.05) is 20.3 Å². The number of H-pyrrole nitrogens is 1. The highest BCUT2D eigenvalue weighted by atomic mass is 16.5. The summed E-state index contributed by atoms with van der Waals surface area (Å²) in [6.45, 7) is 1.42. The standard InChI is InChI=1S/C19H21N5O3/c1-27-10-9-24-17(22-15-6-3-2-5-14(15)19(24)26)16-7-4-8-23(16)18(25)13-11-20-21-12-13/h2-3,5-6,11-12,16H,4,7-10H2,1H3,(H,20,21). The van der Waals surface area contributed by atoms with Crippen LogP contribution in [0.1, 0.15) is 35.1 Å². The molecule has 1 atom stereocenters. The first-order valence-corrected chi connectivity index (χ1v) is 8.99. The van der Waals surface area contributed by atoms with Crippen molar-refractivity contribution in [3.63, 3.8) is 0 Å². The predicted octanol–water partition coefficient (Wildman–Crippen LogP) is 1.74. The van der Waals surface area contributed by atoms with Crippen molar-refractivity contribution in [3.05, 3.63) is 58.4 Å². The molecule has 1 fully saturated rings. The van der Waals surface area contributed by atoms with Gasteiger partial charge in [0.25, 0.3) is 11.5 Å². The second-order valence-electron chi connectivity index (χ2n) is 6.58. The number of nitrogens with zero attached hydrogens (tertiary/aromatic N) is 4. The summed E-state index contributed by atoms with van der Waals surface area (Å²) in [5, 5.41) is 7.11. The van der Waals surface area contributed by atoms with E-state index < -0.39 is 0 Å². The average molecular weight is 367 g/mol. The zero-order valence-electron chi connectivity index (χ0n) is 15.1. The number of amides is 1. The largest absolute Gasteiger partial charge is 0.383 e. The van der Waals surface area contributed by atoms with Crippen LogP contribution in [-0.4, -0.2) is 50.8 Å². The number of aromatic nitrogens is 4. The maximum absolute atomic E-state index is 13.1. The van der Waals surface area contributed by atoms with Crippen LogP contribution in [0.3, 0.4) is 0 Å². The van der Waals surface area contributed by atoms with Gasteiger partial charge < -0.3 is 9.64 Å². The molecule has 0 saturated carbocycles. The van der Waals surface area contributed by atoms with Crippen molar-refractivity contribution in [2.24, 2.45) is 0 Å². The van der Waals surface area contributed by atoms with Gasteiger partial charge in [-0.05, 0) is 25.0 Å². The van der Waals surface area contributed by atoms with Crippen LogP contribution < -0.4 is 5.56 Å². The summed E-state index contributed by atoms with van der Waals surface area (Å²) >= 11 is 0. The van der Waals surface area contributed by atoms with Gasteiger partial charge in [-0.2, -0.15) is 5.10 Å². The van der Waals surface area contributed by atoms with E-state index in [2.05, 4.69) is 10.2 Å². The zero-order valence-corrected chi connectivity index (χ0v) is 15.1. The van der Waals surface area contributed by atoms with E-state index in [1.807, 2.05) is 18.2 Å². The Balaban J connectivity index is 1.81. The van der Waals surface area contributed by atoms with Crippen LogP contribution in [0.25, 0.3) is 10.9 Å². The third kappa shape index (κ3) is 3.12. The van der Waals surface area contributed by atoms with Crippen molar-refractivity contribution in [2.45, 2.75) is 25.4 Å². The van der Waals surface area contributed by atoms with E-state index in [0.717, 1.165) is 12.8 Å². The summed E-state index contributed by atoms with van der Waals surface area (Å²) in [5.74, 6) is 0.511. The molecule has 0 spiro atoms. The number of fused-ring (bicyclic) bond motifs is 1. The fraction of sp³-hybridized carbons (Fsp3) is 0.368. The molecule has 8 heteroatoms. The molecule has 0 bridgehead atoms. The molecule has 3 heterocycles. The highest BCUT2D eigenvalue weighted by molar-refractivity contribution is 5.94. The number of hydrogen-bond acceptors (Lipinski definition) is 5. The van der Waals surface area contributed by atoms with Crippen LogP contribution in [0.2, 0.25) is 0 Å². The number of ether oxygens (including phenoxy) is 1. The van der Waals surface area contributed by atoms with E-state index in [4.69, 9.17) is 9.72 Å². The van der Waals surface area contributed by atoms with Gasteiger partial charge in [0.1, 0.15) is 5.82 Å². The number of rotatable bonds is 5. The Bertz CT molecular complexity index is 1010. The Morgan fingerprint density at radius 3 is 3.00 bits per heavy atom. The number of para-hydroxylation sites is 1. The van der Waals surface area contributed by atoms with Gasteiger partial charge in [0.15, 0.2) is 0 Å². The Hall–Kier alpha value is -3.00. The first kappa shape index (κ1) is 17.4. The van der Waals surface area contributed by atoms with Gasteiger partial charge >= 0.3 is 0 Å². The number of carbonyl (C=O) groups is 1. The number of likely N-dealkylation sites (tertiary alicyclic amines) is 1. The molecule has 8 nitrogen and oxygen atoms in total. The van der Waals surface area contributed by atoms with Gasteiger partial charge in [-0.1, -0.05) is 12.1 Å². The minimum atomic E-state index is -0.249. The third-order valence-electron chi connectivity index (χ3n) is 4.97. The van der Waals surface area contributed by atoms with Crippen LogP contribution >= 0.6 is 0 Å². The van der Waals surface area contributed by atoms with Crippen LogP contribution in [0.15, 0.2) is 41.5 Å². The summed E-state index contributed by atoms with van der Waals surface area (Å²) in [4.78, 5) is 32.5. The molecule has 1 N–H and O–H groups in total. The normalized spacial score (nSPS) is 16.9. The van der Waals surface area contributed by atoms with Crippen LogP contribution in [0, 0.1) is 0 Å². The maximum atomic E-state index is 13.1. The monoisotopic (exact) mass is 367 g/mol. The molecule has 140 valence electrons. The minimum absolute atomic E-state index is 0.102. The number of benzene rings is 1. The fourth-order valence-electron chi connectivity index (χ4n) is 3.65. The van der Waals surface area contributed by atoms with Crippen molar-refractivity contribution >= 4 is 16.8 Å². The Morgan fingerprint density at radius 1 is 1.37 bits per heavy atom. The molecule has 4 rings (SSSR count). The average Bonchev–Trinajstić information content (AvgIpc) is 3.38. The number of methoxy groups -OCH3 is 1. The quantitative estimate of drug-likeness (QED) is 0.741. The number of aromatic amines is 1. The molecule has 1 aliphatic rings. The van der Waals surface area contributed by atoms with Gasteiger partial charge in [0, 0.05) is 19.9 Å². The van der Waals surface area contributed by atoms with Gasteiger partial charge in [0.05, 0.1) is 41.9 Å². The van der Waals surface area contributed by atoms with Crippen LogP contribution in [-0.2, 0) is 11.3 Å². The molecule has 2 aromatic heterocycles. The Kier molecular flexibility index (Phi) is 4.72. The molecule has 1 aromatic carbocycles. The van der Waals surface area contributed by atoms with Gasteiger partial charge in [0.2, 0.25) is 0 Å². The molecule has 0 radical (unpaired) electrons. The zero-order chi connectivity index (χ0) is 18.8. The second kappa shape index (κ2) is 7.32. The van der Waals surface area contributed by atoms with E-state index in [1.165, 1.54) is 6.20 Å². The summed E-state index contributed by atoms with van der Waals surface area (Å²) in [7, 11) is 1.60. The summed E-state index contributed by atoms with van der Waals surface area (Å²) < 4.78 is 6.83. The van der Waals surface area contributed by atoms with Gasteiger partial charge in [-0.25, -0.2) is 4.98 Å².